The lowest BCUT2D eigenvalue weighted by molar-refractivity contribution is 0.358. The predicted molar refractivity (Wildman–Crippen MR) is 72.0 cm³/mol. The van der Waals surface area contributed by atoms with Crippen molar-refractivity contribution in [2.45, 2.75) is 19.9 Å². The molecule has 0 N–H and O–H groups in total. The van der Waals surface area contributed by atoms with Gasteiger partial charge in [0.1, 0.15) is 6.04 Å². The maximum atomic E-state index is 9.12. The molecule has 0 aliphatic carbocycles. The summed E-state index contributed by atoms with van der Waals surface area (Å²) in [6, 6.07) is 10.4. The molecule has 0 saturated carbocycles. The first-order chi connectivity index (χ1) is 8.13. The smallest absolute Gasteiger partial charge is 0.123 e. The van der Waals surface area contributed by atoms with E-state index in [2.05, 4.69) is 36.9 Å². The van der Waals surface area contributed by atoms with Crippen molar-refractivity contribution in [1.29, 1.82) is 5.26 Å². The fraction of sp³-hybridized carbons (Fsp3) is 0.500. The second kappa shape index (κ2) is 6.27. The Bertz CT molecular complexity index is 371. The Morgan fingerprint density at radius 1 is 1.12 bits per heavy atom. The fourth-order valence-corrected chi connectivity index (χ4v) is 1.94. The van der Waals surface area contributed by atoms with Gasteiger partial charge in [-0.05, 0) is 45.6 Å². The first kappa shape index (κ1) is 13.5. The number of benzene rings is 1. The maximum Gasteiger partial charge on any atom is 0.123 e. The first-order valence-corrected chi connectivity index (χ1v) is 6.05. The van der Waals surface area contributed by atoms with Gasteiger partial charge in [-0.2, -0.15) is 5.26 Å². The van der Waals surface area contributed by atoms with Crippen molar-refractivity contribution in [3.63, 3.8) is 0 Å². The second-order valence-corrected chi connectivity index (χ2v) is 4.26. The van der Waals surface area contributed by atoms with E-state index in [1.54, 1.807) is 0 Å². The van der Waals surface area contributed by atoms with Gasteiger partial charge < -0.3 is 4.90 Å². The Hall–Kier alpha value is -1.53. The molecule has 0 heterocycles. The van der Waals surface area contributed by atoms with Crippen LogP contribution in [0.4, 0.5) is 5.69 Å². The van der Waals surface area contributed by atoms with Crippen molar-refractivity contribution in [2.75, 3.05) is 32.1 Å². The minimum atomic E-state index is -0.166. The summed E-state index contributed by atoms with van der Waals surface area (Å²) >= 11 is 0. The minimum absolute atomic E-state index is 0.166. The molecule has 0 fully saturated rings. The average Bonchev–Trinajstić information content (AvgIpc) is 2.33. The molecule has 0 bridgehead atoms. The lowest BCUT2D eigenvalue weighted by Gasteiger charge is -2.22. The van der Waals surface area contributed by atoms with Gasteiger partial charge in [0.25, 0.3) is 0 Å². The van der Waals surface area contributed by atoms with Crippen LogP contribution in [0, 0.1) is 11.3 Å². The van der Waals surface area contributed by atoms with E-state index in [4.69, 9.17) is 5.26 Å². The molecule has 0 aliphatic rings. The Morgan fingerprint density at radius 3 is 2.00 bits per heavy atom. The standard InChI is InChI=1S/C14H21N3/c1-5-17(6-2)13-9-7-12(8-10-13)14(11-15)16(3)4/h7-10,14H,5-6H2,1-4H3. The van der Waals surface area contributed by atoms with Gasteiger partial charge >= 0.3 is 0 Å². The summed E-state index contributed by atoms with van der Waals surface area (Å²) in [4.78, 5) is 4.22. The van der Waals surface area contributed by atoms with Crippen LogP contribution >= 0.6 is 0 Å². The average molecular weight is 231 g/mol. The lowest BCUT2D eigenvalue weighted by atomic mass is 10.1. The van der Waals surface area contributed by atoms with E-state index in [1.165, 1.54) is 5.69 Å². The molecule has 0 aliphatic heterocycles. The van der Waals surface area contributed by atoms with E-state index >= 15 is 0 Å². The van der Waals surface area contributed by atoms with Crippen LogP contribution in [0.1, 0.15) is 25.5 Å². The molecule has 0 amide bonds. The van der Waals surface area contributed by atoms with E-state index in [9.17, 15) is 0 Å². The molecule has 1 rings (SSSR count). The highest BCUT2D eigenvalue weighted by molar-refractivity contribution is 5.48. The topological polar surface area (TPSA) is 30.3 Å². The third-order valence-corrected chi connectivity index (χ3v) is 2.98. The summed E-state index contributed by atoms with van der Waals surface area (Å²) in [6.07, 6.45) is 0. The van der Waals surface area contributed by atoms with Gasteiger partial charge in [-0.1, -0.05) is 12.1 Å². The molecule has 1 atom stereocenters. The highest BCUT2D eigenvalue weighted by Crippen LogP contribution is 2.21. The van der Waals surface area contributed by atoms with Crippen molar-refractivity contribution in [3.05, 3.63) is 29.8 Å². The highest BCUT2D eigenvalue weighted by atomic mass is 15.1. The number of hydrogen-bond acceptors (Lipinski definition) is 3. The zero-order chi connectivity index (χ0) is 12.8. The highest BCUT2D eigenvalue weighted by Gasteiger charge is 2.12. The van der Waals surface area contributed by atoms with E-state index in [0.717, 1.165) is 18.7 Å². The number of nitrogens with zero attached hydrogens (tertiary/aromatic N) is 3. The summed E-state index contributed by atoms with van der Waals surface area (Å²) in [6.45, 7) is 6.31. The minimum Gasteiger partial charge on any atom is -0.372 e. The van der Waals surface area contributed by atoms with Crippen LogP contribution in [-0.4, -0.2) is 32.1 Å². The van der Waals surface area contributed by atoms with Crippen molar-refractivity contribution in [3.8, 4) is 6.07 Å². The van der Waals surface area contributed by atoms with Gasteiger partial charge in [0.15, 0.2) is 0 Å². The first-order valence-electron chi connectivity index (χ1n) is 6.05. The SMILES string of the molecule is CCN(CC)c1ccc(C(C#N)N(C)C)cc1. The Morgan fingerprint density at radius 2 is 1.65 bits per heavy atom. The van der Waals surface area contributed by atoms with Crippen LogP contribution in [0.5, 0.6) is 0 Å². The maximum absolute atomic E-state index is 9.12. The molecule has 1 aromatic rings. The van der Waals surface area contributed by atoms with Crippen LogP contribution in [0.3, 0.4) is 0 Å². The quantitative estimate of drug-likeness (QED) is 0.780. The Kier molecular flexibility index (Phi) is 4.99. The van der Waals surface area contributed by atoms with Crippen molar-refractivity contribution < 1.29 is 0 Å². The van der Waals surface area contributed by atoms with Crippen LogP contribution in [0.2, 0.25) is 0 Å². The van der Waals surface area contributed by atoms with E-state index in [0.29, 0.717) is 0 Å². The molecular weight excluding hydrogens is 210 g/mol. The van der Waals surface area contributed by atoms with Gasteiger partial charge in [0.05, 0.1) is 6.07 Å². The molecule has 1 unspecified atom stereocenters. The Labute approximate surface area is 104 Å². The van der Waals surface area contributed by atoms with Crippen LogP contribution in [0.25, 0.3) is 0 Å². The van der Waals surface area contributed by atoms with Gasteiger partial charge in [0, 0.05) is 18.8 Å². The third-order valence-electron chi connectivity index (χ3n) is 2.98. The number of hydrogen-bond donors (Lipinski definition) is 0. The number of rotatable bonds is 5. The van der Waals surface area contributed by atoms with Crippen molar-refractivity contribution in [1.82, 2.24) is 4.90 Å². The lowest BCUT2D eigenvalue weighted by Crippen LogP contribution is -2.22. The molecule has 3 nitrogen and oxygen atoms in total. The summed E-state index contributed by atoms with van der Waals surface area (Å²) < 4.78 is 0. The molecule has 0 radical (unpaired) electrons. The van der Waals surface area contributed by atoms with Crippen LogP contribution < -0.4 is 4.90 Å². The zero-order valence-corrected chi connectivity index (χ0v) is 11.1. The fourth-order valence-electron chi connectivity index (χ4n) is 1.94. The van der Waals surface area contributed by atoms with Gasteiger partial charge in [-0.25, -0.2) is 0 Å². The monoisotopic (exact) mass is 231 g/mol. The normalized spacial score (nSPS) is 12.2. The van der Waals surface area contributed by atoms with Crippen molar-refractivity contribution >= 4 is 5.69 Å². The second-order valence-electron chi connectivity index (χ2n) is 4.26. The molecule has 0 spiro atoms. The van der Waals surface area contributed by atoms with Crippen molar-refractivity contribution in [2.24, 2.45) is 0 Å². The summed E-state index contributed by atoms with van der Waals surface area (Å²) in [5.74, 6) is 0. The Balaban J connectivity index is 2.91. The molecule has 0 saturated heterocycles. The zero-order valence-electron chi connectivity index (χ0n) is 11.1. The van der Waals surface area contributed by atoms with Gasteiger partial charge in [-0.3, -0.25) is 4.90 Å². The summed E-state index contributed by atoms with van der Waals surface area (Å²) in [5.41, 5.74) is 2.27. The molecule has 0 aromatic heterocycles. The van der Waals surface area contributed by atoms with Crippen LogP contribution in [-0.2, 0) is 0 Å². The van der Waals surface area contributed by atoms with E-state index in [1.807, 2.05) is 31.1 Å². The molecule has 1 aromatic carbocycles. The van der Waals surface area contributed by atoms with Gasteiger partial charge in [-0.15, -0.1) is 0 Å². The molecule has 3 heteroatoms. The van der Waals surface area contributed by atoms with Crippen LogP contribution in [0.15, 0.2) is 24.3 Å². The third kappa shape index (κ3) is 3.21. The van der Waals surface area contributed by atoms with E-state index in [-0.39, 0.29) is 6.04 Å². The largest absolute Gasteiger partial charge is 0.372 e. The molecule has 17 heavy (non-hydrogen) atoms. The van der Waals surface area contributed by atoms with Gasteiger partial charge in [0.2, 0.25) is 0 Å². The number of anilines is 1. The predicted octanol–water partition coefficient (Wildman–Crippen LogP) is 2.66. The molecular formula is C14H21N3. The summed E-state index contributed by atoms with van der Waals surface area (Å²) in [7, 11) is 3.85. The molecule has 92 valence electrons. The van der Waals surface area contributed by atoms with E-state index < -0.39 is 0 Å². The number of nitriles is 1. The summed E-state index contributed by atoms with van der Waals surface area (Å²) in [5, 5.41) is 9.12.